The molecule has 2 amide bonds. The summed E-state index contributed by atoms with van der Waals surface area (Å²) in [6.45, 7) is 0. The molecule has 1 fully saturated rings. The Bertz CT molecular complexity index is 696. The van der Waals surface area contributed by atoms with Crippen molar-refractivity contribution in [3.8, 4) is 0 Å². The summed E-state index contributed by atoms with van der Waals surface area (Å²) in [5, 5.41) is 0. The van der Waals surface area contributed by atoms with Crippen molar-refractivity contribution >= 4 is 17.4 Å². The molecule has 0 aromatic carbocycles. The lowest BCUT2D eigenvalue weighted by molar-refractivity contribution is -0.0384. The van der Waals surface area contributed by atoms with Crippen LogP contribution in [0.1, 0.15) is 37.3 Å². The van der Waals surface area contributed by atoms with E-state index in [0.29, 0.717) is 24.2 Å². The van der Waals surface area contributed by atoms with E-state index in [0.717, 1.165) is 5.69 Å². The second kappa shape index (κ2) is 6.51. The molecule has 0 saturated heterocycles. The summed E-state index contributed by atoms with van der Waals surface area (Å²) >= 11 is 0. The lowest BCUT2D eigenvalue weighted by Crippen LogP contribution is -2.31. The maximum Gasteiger partial charge on any atom is 0.323 e. The number of aromatic nitrogens is 2. The predicted molar refractivity (Wildman–Crippen MR) is 86.4 cm³/mol. The average Bonchev–Trinajstić information content (AvgIpc) is 2.56. The molecule has 1 aliphatic carbocycles. The van der Waals surface area contributed by atoms with Gasteiger partial charge in [0.1, 0.15) is 0 Å². The van der Waals surface area contributed by atoms with Crippen LogP contribution in [0.15, 0.2) is 42.9 Å². The van der Waals surface area contributed by atoms with Crippen LogP contribution in [0, 0.1) is 0 Å². The number of rotatable bonds is 3. The van der Waals surface area contributed by atoms with Crippen molar-refractivity contribution in [1.29, 1.82) is 0 Å². The van der Waals surface area contributed by atoms with Crippen LogP contribution in [0.4, 0.5) is 25.0 Å². The topological polar surface area (TPSA) is 72.1 Å². The summed E-state index contributed by atoms with van der Waals surface area (Å²) in [4.78, 5) is 21.4. The first kappa shape index (κ1) is 16.3. The fourth-order valence-corrected chi connectivity index (χ4v) is 3.00. The van der Waals surface area contributed by atoms with Gasteiger partial charge in [0.15, 0.2) is 0 Å². The van der Waals surface area contributed by atoms with Gasteiger partial charge >= 0.3 is 6.03 Å². The largest absolute Gasteiger partial charge is 0.351 e. The summed E-state index contributed by atoms with van der Waals surface area (Å²) in [6.07, 6.45) is 5.29. The number of pyridine rings is 2. The maximum atomic E-state index is 13.3. The minimum Gasteiger partial charge on any atom is -0.351 e. The number of hydrogen-bond donors (Lipinski definition) is 1. The Balaban J connectivity index is 1.79. The van der Waals surface area contributed by atoms with Crippen molar-refractivity contribution in [1.82, 2.24) is 9.97 Å². The van der Waals surface area contributed by atoms with Gasteiger partial charge in [0.05, 0.1) is 23.8 Å². The molecule has 126 valence electrons. The standard InChI is InChI=1S/C17H18F2N4O/c18-17(19)7-5-12(6-8-17)15-4-3-14(11-22-15)23(16(20)24)13-2-1-9-21-10-13/h1-4,9-12H,5-8H2,(H2,20,24). The Morgan fingerprint density at radius 3 is 2.42 bits per heavy atom. The number of urea groups is 1. The van der Waals surface area contributed by atoms with Gasteiger partial charge in [-0.05, 0) is 37.1 Å². The Hall–Kier alpha value is -2.57. The highest BCUT2D eigenvalue weighted by atomic mass is 19.3. The molecule has 0 aliphatic heterocycles. The molecule has 0 radical (unpaired) electrons. The first-order valence-electron chi connectivity index (χ1n) is 7.80. The van der Waals surface area contributed by atoms with Gasteiger partial charge in [-0.15, -0.1) is 0 Å². The third kappa shape index (κ3) is 3.50. The summed E-state index contributed by atoms with van der Waals surface area (Å²) in [5.74, 6) is -2.53. The van der Waals surface area contributed by atoms with Gasteiger partial charge in [0.25, 0.3) is 0 Å². The van der Waals surface area contributed by atoms with Crippen molar-refractivity contribution in [3.63, 3.8) is 0 Å². The van der Waals surface area contributed by atoms with Crippen LogP contribution in [0.2, 0.25) is 0 Å². The number of nitrogens with two attached hydrogens (primary N) is 1. The lowest BCUT2D eigenvalue weighted by Gasteiger charge is -2.28. The Morgan fingerprint density at radius 2 is 1.88 bits per heavy atom. The number of primary amides is 1. The molecule has 0 bridgehead atoms. The Labute approximate surface area is 138 Å². The quantitative estimate of drug-likeness (QED) is 0.924. The van der Waals surface area contributed by atoms with Gasteiger partial charge < -0.3 is 5.73 Å². The molecule has 2 aromatic heterocycles. The average molecular weight is 332 g/mol. The van der Waals surface area contributed by atoms with Gasteiger partial charge in [-0.3, -0.25) is 14.9 Å². The molecule has 2 aromatic rings. The van der Waals surface area contributed by atoms with Crippen LogP contribution in [-0.4, -0.2) is 21.9 Å². The van der Waals surface area contributed by atoms with Gasteiger partial charge in [0.2, 0.25) is 5.92 Å². The summed E-state index contributed by atoms with van der Waals surface area (Å²) in [6, 6.07) is 6.28. The third-order valence-corrected chi connectivity index (χ3v) is 4.29. The van der Waals surface area contributed by atoms with Gasteiger partial charge in [-0.1, -0.05) is 0 Å². The zero-order chi connectivity index (χ0) is 17.2. The van der Waals surface area contributed by atoms with E-state index in [2.05, 4.69) is 9.97 Å². The molecule has 0 atom stereocenters. The SMILES string of the molecule is NC(=O)N(c1cccnc1)c1ccc(C2CCC(F)(F)CC2)nc1. The molecule has 1 saturated carbocycles. The fraction of sp³-hybridized carbons (Fsp3) is 0.353. The van der Waals surface area contributed by atoms with Crippen LogP contribution in [0.5, 0.6) is 0 Å². The number of hydrogen-bond acceptors (Lipinski definition) is 3. The molecular formula is C17H18F2N4O. The zero-order valence-corrected chi connectivity index (χ0v) is 13.0. The third-order valence-electron chi connectivity index (χ3n) is 4.29. The molecule has 24 heavy (non-hydrogen) atoms. The van der Waals surface area contributed by atoms with Crippen LogP contribution in [0.3, 0.4) is 0 Å². The second-order valence-corrected chi connectivity index (χ2v) is 5.96. The highest BCUT2D eigenvalue weighted by molar-refractivity contribution is 5.97. The molecule has 0 spiro atoms. The number of anilines is 2. The second-order valence-electron chi connectivity index (χ2n) is 5.96. The Kier molecular flexibility index (Phi) is 4.42. The summed E-state index contributed by atoms with van der Waals surface area (Å²) < 4.78 is 26.5. The normalized spacial score (nSPS) is 17.4. The van der Waals surface area contributed by atoms with Crippen molar-refractivity contribution in [2.24, 2.45) is 5.73 Å². The molecule has 7 heteroatoms. The smallest absolute Gasteiger partial charge is 0.323 e. The van der Waals surface area contributed by atoms with E-state index >= 15 is 0 Å². The molecule has 1 aliphatic rings. The molecule has 2 N–H and O–H groups in total. The van der Waals surface area contributed by atoms with E-state index in [1.807, 2.05) is 0 Å². The molecule has 0 unspecified atom stereocenters. The molecule has 3 rings (SSSR count). The maximum absolute atomic E-state index is 13.3. The number of nitrogens with zero attached hydrogens (tertiary/aromatic N) is 3. The van der Waals surface area contributed by atoms with Gasteiger partial charge in [-0.25, -0.2) is 13.6 Å². The minimum atomic E-state index is -2.56. The van der Waals surface area contributed by atoms with E-state index in [4.69, 9.17) is 5.73 Å². The fourth-order valence-electron chi connectivity index (χ4n) is 3.00. The number of carbonyl (C=O) groups excluding carboxylic acids is 1. The van der Waals surface area contributed by atoms with E-state index < -0.39 is 12.0 Å². The lowest BCUT2D eigenvalue weighted by atomic mass is 9.84. The van der Waals surface area contributed by atoms with E-state index in [-0.39, 0.29) is 18.8 Å². The van der Waals surface area contributed by atoms with Crippen LogP contribution >= 0.6 is 0 Å². The number of halogens is 2. The van der Waals surface area contributed by atoms with E-state index in [1.165, 1.54) is 11.1 Å². The first-order valence-corrected chi connectivity index (χ1v) is 7.80. The van der Waals surface area contributed by atoms with Crippen molar-refractivity contribution in [2.45, 2.75) is 37.5 Å². The van der Waals surface area contributed by atoms with Crippen molar-refractivity contribution < 1.29 is 13.6 Å². The van der Waals surface area contributed by atoms with Crippen LogP contribution in [0.25, 0.3) is 0 Å². The van der Waals surface area contributed by atoms with Crippen LogP contribution in [-0.2, 0) is 0 Å². The van der Waals surface area contributed by atoms with Crippen molar-refractivity contribution in [2.75, 3.05) is 4.90 Å². The number of alkyl halides is 2. The highest BCUT2D eigenvalue weighted by Gasteiger charge is 2.35. The summed E-state index contributed by atoms with van der Waals surface area (Å²) in [7, 11) is 0. The van der Waals surface area contributed by atoms with Gasteiger partial charge in [-0.2, -0.15) is 0 Å². The minimum absolute atomic E-state index is 0.0269. The Morgan fingerprint density at radius 1 is 1.17 bits per heavy atom. The molecule has 5 nitrogen and oxygen atoms in total. The summed E-state index contributed by atoms with van der Waals surface area (Å²) in [5.41, 5.74) is 7.28. The van der Waals surface area contributed by atoms with Crippen molar-refractivity contribution in [3.05, 3.63) is 48.5 Å². The van der Waals surface area contributed by atoms with Crippen LogP contribution < -0.4 is 10.6 Å². The van der Waals surface area contributed by atoms with E-state index in [9.17, 15) is 13.6 Å². The molecular weight excluding hydrogens is 314 g/mol. The van der Waals surface area contributed by atoms with E-state index in [1.54, 1.807) is 36.7 Å². The zero-order valence-electron chi connectivity index (χ0n) is 13.0. The number of carbonyl (C=O) groups is 1. The molecule has 2 heterocycles. The first-order chi connectivity index (χ1) is 11.5. The predicted octanol–water partition coefficient (Wildman–Crippen LogP) is 3.99. The number of amides is 2. The highest BCUT2D eigenvalue weighted by Crippen LogP contribution is 2.40. The van der Waals surface area contributed by atoms with Gasteiger partial charge in [0, 0.05) is 30.7 Å². The monoisotopic (exact) mass is 332 g/mol.